The molecule has 2 aliphatic heterocycles. The highest BCUT2D eigenvalue weighted by molar-refractivity contribution is 9.10. The van der Waals surface area contributed by atoms with Gasteiger partial charge in [0.05, 0.1) is 22.1 Å². The summed E-state index contributed by atoms with van der Waals surface area (Å²) in [4.78, 5) is 31.7. The van der Waals surface area contributed by atoms with Crippen LogP contribution in [0.4, 0.5) is 5.69 Å². The van der Waals surface area contributed by atoms with Crippen LogP contribution in [0.15, 0.2) is 33.8 Å². The van der Waals surface area contributed by atoms with Crippen LogP contribution in [0.25, 0.3) is 11.0 Å². The average Bonchev–Trinajstić information content (AvgIpc) is 2.87. The van der Waals surface area contributed by atoms with Crippen molar-refractivity contribution in [1.29, 1.82) is 5.26 Å². The van der Waals surface area contributed by atoms with E-state index in [0.717, 1.165) is 36.2 Å². The molecule has 5 rings (SSSR count). The molecule has 176 valence electrons. The van der Waals surface area contributed by atoms with Crippen LogP contribution in [-0.4, -0.2) is 56.2 Å². The number of pyridine rings is 2. The zero-order valence-electron chi connectivity index (χ0n) is 19.4. The Morgan fingerprint density at radius 2 is 2.03 bits per heavy atom. The lowest BCUT2D eigenvalue weighted by Gasteiger charge is -2.51. The lowest BCUT2D eigenvalue weighted by molar-refractivity contribution is 0.0683. The summed E-state index contributed by atoms with van der Waals surface area (Å²) in [6, 6.07) is 5.92. The van der Waals surface area contributed by atoms with Gasteiger partial charge in [-0.2, -0.15) is 5.26 Å². The Kier molecular flexibility index (Phi) is 6.00. The van der Waals surface area contributed by atoms with Crippen molar-refractivity contribution in [3.63, 3.8) is 0 Å². The van der Waals surface area contributed by atoms with Gasteiger partial charge in [0, 0.05) is 38.6 Å². The number of aryl methyl sites for hydroxylation is 1. The van der Waals surface area contributed by atoms with Crippen LogP contribution in [0, 0.1) is 11.3 Å². The fourth-order valence-electron chi connectivity index (χ4n) is 5.20. The number of hydrogen-bond acceptors (Lipinski definition) is 8. The Morgan fingerprint density at radius 3 is 2.71 bits per heavy atom. The second kappa shape index (κ2) is 8.96. The fraction of sp³-hybridized carbons (Fsp3) is 0.458. The van der Waals surface area contributed by atoms with Gasteiger partial charge in [0.25, 0.3) is 5.56 Å². The minimum Gasteiger partial charge on any atom is -0.484 e. The fourth-order valence-corrected chi connectivity index (χ4v) is 5.40. The molecule has 1 unspecified atom stereocenters. The third-order valence-electron chi connectivity index (χ3n) is 6.93. The monoisotopic (exact) mass is 523 g/mol. The van der Waals surface area contributed by atoms with Gasteiger partial charge in [-0.25, -0.2) is 15.0 Å². The smallest absolute Gasteiger partial charge is 0.295 e. The van der Waals surface area contributed by atoms with E-state index in [2.05, 4.69) is 60.6 Å². The van der Waals surface area contributed by atoms with Crippen molar-refractivity contribution in [2.24, 2.45) is 7.05 Å². The molecule has 3 atom stereocenters. The molecule has 10 heteroatoms. The first-order valence-corrected chi connectivity index (χ1v) is 12.3. The van der Waals surface area contributed by atoms with Gasteiger partial charge in [0.2, 0.25) is 5.75 Å². The molecule has 0 aromatic carbocycles. The van der Waals surface area contributed by atoms with Crippen LogP contribution < -0.4 is 15.2 Å². The normalized spacial score (nSPS) is 20.9. The van der Waals surface area contributed by atoms with Gasteiger partial charge in [-0.3, -0.25) is 9.69 Å². The molecule has 0 radical (unpaired) electrons. The molecule has 3 aromatic rings. The van der Waals surface area contributed by atoms with Gasteiger partial charge in [0.15, 0.2) is 0 Å². The lowest BCUT2D eigenvalue weighted by atomic mass is 9.98. The zero-order chi connectivity index (χ0) is 24.0. The summed E-state index contributed by atoms with van der Waals surface area (Å²) < 4.78 is 8.49. The molecule has 34 heavy (non-hydrogen) atoms. The highest BCUT2D eigenvalue weighted by Gasteiger charge is 2.42. The van der Waals surface area contributed by atoms with Crippen LogP contribution in [0.3, 0.4) is 0 Å². The van der Waals surface area contributed by atoms with E-state index in [1.807, 2.05) is 0 Å². The molecule has 0 saturated carbocycles. The van der Waals surface area contributed by atoms with Crippen LogP contribution in [0.1, 0.15) is 44.2 Å². The van der Waals surface area contributed by atoms with E-state index in [-0.39, 0.29) is 23.7 Å². The summed E-state index contributed by atoms with van der Waals surface area (Å²) >= 11 is 3.42. The molecule has 0 bridgehead atoms. The van der Waals surface area contributed by atoms with Crippen molar-refractivity contribution in [2.45, 2.75) is 44.8 Å². The maximum atomic E-state index is 13.1. The summed E-state index contributed by atoms with van der Waals surface area (Å²) in [5.41, 5.74) is 2.17. The SMILES string of the molecule is CCC(c1ncc(Br)cn1)N1C[C@H]2COc3c(c4nc(C#N)ccc4n(C)c3=O)N2C[C@H]1CC. The average molecular weight is 524 g/mol. The molecule has 3 aromatic heterocycles. The van der Waals surface area contributed by atoms with E-state index in [0.29, 0.717) is 34.8 Å². The Labute approximate surface area is 206 Å². The van der Waals surface area contributed by atoms with Gasteiger partial charge in [-0.15, -0.1) is 0 Å². The van der Waals surface area contributed by atoms with E-state index >= 15 is 0 Å². The summed E-state index contributed by atoms with van der Waals surface area (Å²) in [5, 5.41) is 9.44. The molecule has 2 aliphatic rings. The second-order valence-corrected chi connectivity index (χ2v) is 9.69. The van der Waals surface area contributed by atoms with Crippen LogP contribution in [-0.2, 0) is 7.05 Å². The largest absolute Gasteiger partial charge is 0.484 e. The number of aromatic nitrogens is 4. The number of anilines is 1. The van der Waals surface area contributed by atoms with Crippen LogP contribution in [0.5, 0.6) is 5.75 Å². The van der Waals surface area contributed by atoms with Gasteiger partial charge in [-0.1, -0.05) is 13.8 Å². The van der Waals surface area contributed by atoms with Crippen molar-refractivity contribution >= 4 is 32.7 Å². The topological polar surface area (TPSA) is 100 Å². The van der Waals surface area contributed by atoms with Gasteiger partial charge in [0.1, 0.15) is 35.4 Å². The highest BCUT2D eigenvalue weighted by atomic mass is 79.9. The number of halogens is 1. The van der Waals surface area contributed by atoms with Gasteiger partial charge < -0.3 is 14.2 Å². The third-order valence-corrected chi connectivity index (χ3v) is 7.34. The number of hydrogen-bond donors (Lipinski definition) is 0. The minimum absolute atomic E-state index is 0.0441. The van der Waals surface area contributed by atoms with Crippen molar-refractivity contribution < 1.29 is 4.74 Å². The molecule has 0 aliphatic carbocycles. The lowest BCUT2D eigenvalue weighted by Crippen LogP contribution is -2.62. The predicted octanol–water partition coefficient (Wildman–Crippen LogP) is 3.17. The summed E-state index contributed by atoms with van der Waals surface area (Å²) in [5.74, 6) is 1.13. The molecule has 9 nitrogen and oxygen atoms in total. The summed E-state index contributed by atoms with van der Waals surface area (Å²) in [7, 11) is 1.71. The third kappa shape index (κ3) is 3.63. The molecular formula is C24H26BrN7O2. The van der Waals surface area contributed by atoms with E-state index < -0.39 is 0 Å². The number of nitriles is 1. The highest BCUT2D eigenvalue weighted by Crippen LogP contribution is 2.40. The quantitative estimate of drug-likeness (QED) is 0.513. The van der Waals surface area contributed by atoms with E-state index in [9.17, 15) is 10.1 Å². The van der Waals surface area contributed by atoms with E-state index in [4.69, 9.17) is 4.74 Å². The first-order valence-electron chi connectivity index (χ1n) is 11.5. The molecule has 1 saturated heterocycles. The molecule has 1 fully saturated rings. The maximum Gasteiger partial charge on any atom is 0.295 e. The first kappa shape index (κ1) is 22.7. The number of rotatable bonds is 4. The number of nitrogens with zero attached hydrogens (tertiary/aromatic N) is 7. The van der Waals surface area contributed by atoms with E-state index in [1.165, 1.54) is 0 Å². The molecular weight excluding hydrogens is 498 g/mol. The zero-order valence-corrected chi connectivity index (χ0v) is 21.0. The standard InChI is InChI=1S/C24H26BrN7O2/c1-4-16-11-32-17(12-31(16)18(5-2)23-27-9-14(25)10-28-23)13-34-22-21(32)20-19(30(3)24(22)33)7-6-15(8-26)29-20/h6-7,9-10,16-18H,4-5,11-13H2,1-3H3/t16-,17+,18?/m1/s1. The van der Waals surface area contributed by atoms with Gasteiger partial charge >= 0.3 is 0 Å². The predicted molar refractivity (Wildman–Crippen MR) is 132 cm³/mol. The number of fused-ring (bicyclic) bond motifs is 5. The number of piperazine rings is 1. The minimum atomic E-state index is -0.183. The van der Waals surface area contributed by atoms with Crippen molar-refractivity contribution in [3.05, 3.63) is 50.9 Å². The van der Waals surface area contributed by atoms with Crippen LogP contribution in [0.2, 0.25) is 0 Å². The van der Waals surface area contributed by atoms with Crippen LogP contribution >= 0.6 is 15.9 Å². The Balaban J connectivity index is 1.58. The molecule has 0 amide bonds. The van der Waals surface area contributed by atoms with Crippen molar-refractivity contribution in [2.75, 3.05) is 24.6 Å². The Bertz CT molecular complexity index is 1330. The molecule has 0 spiro atoms. The summed E-state index contributed by atoms with van der Waals surface area (Å²) in [6.45, 7) is 6.24. The second-order valence-electron chi connectivity index (χ2n) is 8.78. The van der Waals surface area contributed by atoms with Crippen molar-refractivity contribution in [3.8, 4) is 11.8 Å². The Morgan fingerprint density at radius 1 is 1.26 bits per heavy atom. The maximum absolute atomic E-state index is 13.1. The molecule has 0 N–H and O–H groups in total. The summed E-state index contributed by atoms with van der Waals surface area (Å²) in [6.07, 6.45) is 5.41. The number of ether oxygens (including phenoxy) is 1. The molecule has 5 heterocycles. The van der Waals surface area contributed by atoms with Gasteiger partial charge in [-0.05, 0) is 40.9 Å². The van der Waals surface area contributed by atoms with E-state index in [1.54, 1.807) is 36.1 Å². The van der Waals surface area contributed by atoms with Crippen molar-refractivity contribution in [1.82, 2.24) is 24.4 Å². The Hall–Kier alpha value is -3.03. The first-order chi connectivity index (χ1) is 16.5.